The van der Waals surface area contributed by atoms with E-state index in [1.54, 1.807) is 13.0 Å². The Kier molecular flexibility index (Phi) is 9.37. The summed E-state index contributed by atoms with van der Waals surface area (Å²) in [5, 5.41) is 18.8. The van der Waals surface area contributed by atoms with Gasteiger partial charge in [0.15, 0.2) is 5.96 Å². The van der Waals surface area contributed by atoms with Crippen molar-refractivity contribution in [2.45, 2.75) is 25.9 Å². The molecule has 25 heavy (non-hydrogen) atoms. The highest BCUT2D eigenvalue weighted by Crippen LogP contribution is 2.25. The van der Waals surface area contributed by atoms with Gasteiger partial charge in [0, 0.05) is 18.0 Å². The van der Waals surface area contributed by atoms with Crippen molar-refractivity contribution in [2.75, 3.05) is 19.6 Å². The second-order valence-electron chi connectivity index (χ2n) is 5.75. The molecular formula is C18H25FIN3OS. The van der Waals surface area contributed by atoms with E-state index in [2.05, 4.69) is 15.6 Å². The molecule has 0 bridgehead atoms. The number of guanidine groups is 1. The van der Waals surface area contributed by atoms with Gasteiger partial charge < -0.3 is 15.7 Å². The van der Waals surface area contributed by atoms with E-state index in [1.807, 2.05) is 30.5 Å². The highest BCUT2D eigenvalue weighted by atomic mass is 127. The fourth-order valence-corrected chi connectivity index (χ4v) is 3.03. The molecule has 7 heteroatoms. The third kappa shape index (κ3) is 7.29. The molecule has 0 spiro atoms. The highest BCUT2D eigenvalue weighted by molar-refractivity contribution is 14.0. The smallest absolute Gasteiger partial charge is 0.191 e. The summed E-state index contributed by atoms with van der Waals surface area (Å²) in [6.45, 7) is 5.38. The van der Waals surface area contributed by atoms with Crippen molar-refractivity contribution in [3.8, 4) is 0 Å². The Hall–Kier alpha value is -1.19. The molecule has 1 heterocycles. The number of benzene rings is 1. The molecule has 1 aromatic heterocycles. The first-order chi connectivity index (χ1) is 11.5. The first-order valence-electron chi connectivity index (χ1n) is 8.04. The van der Waals surface area contributed by atoms with Crippen LogP contribution in [0.1, 0.15) is 24.3 Å². The Labute approximate surface area is 169 Å². The standard InChI is InChI=1S/C18H24FN3OS.HI/c1-3-20-17(21-10-9-14-6-4-7-15(19)12-14)22-13-18(2,23)16-8-5-11-24-16;/h4-8,11-12,23H,3,9-10,13H2,1-2H3,(H2,20,21,22);1H. The van der Waals surface area contributed by atoms with E-state index in [0.29, 0.717) is 18.9 Å². The Bertz CT molecular complexity index is 662. The van der Waals surface area contributed by atoms with Gasteiger partial charge >= 0.3 is 0 Å². The summed E-state index contributed by atoms with van der Waals surface area (Å²) < 4.78 is 13.2. The van der Waals surface area contributed by atoms with Crippen molar-refractivity contribution >= 4 is 41.3 Å². The molecule has 0 aliphatic rings. The second-order valence-corrected chi connectivity index (χ2v) is 6.70. The maximum atomic E-state index is 13.2. The van der Waals surface area contributed by atoms with Crippen molar-refractivity contribution in [3.05, 3.63) is 58.0 Å². The SMILES string of the molecule is CCNC(=NCC(C)(O)c1cccs1)NCCc1cccc(F)c1.I. The monoisotopic (exact) mass is 477 g/mol. The zero-order chi connectivity index (χ0) is 17.4. The summed E-state index contributed by atoms with van der Waals surface area (Å²) in [5.74, 6) is 0.422. The minimum Gasteiger partial charge on any atom is -0.383 e. The summed E-state index contributed by atoms with van der Waals surface area (Å²) >= 11 is 1.52. The normalized spacial score (nSPS) is 13.7. The molecule has 0 fully saturated rings. The summed E-state index contributed by atoms with van der Waals surface area (Å²) in [7, 11) is 0. The van der Waals surface area contributed by atoms with E-state index in [-0.39, 0.29) is 36.3 Å². The predicted octanol–water partition coefficient (Wildman–Crippen LogP) is 3.51. The Morgan fingerprint density at radius 2 is 2.08 bits per heavy atom. The molecule has 0 saturated heterocycles. The third-order valence-electron chi connectivity index (χ3n) is 3.54. The van der Waals surface area contributed by atoms with Crippen LogP contribution in [-0.2, 0) is 12.0 Å². The lowest BCUT2D eigenvalue weighted by molar-refractivity contribution is 0.0711. The second kappa shape index (κ2) is 10.7. The number of thiophene rings is 1. The van der Waals surface area contributed by atoms with Crippen LogP contribution in [-0.4, -0.2) is 30.7 Å². The molecule has 4 nitrogen and oxygen atoms in total. The number of hydrogen-bond acceptors (Lipinski definition) is 3. The molecule has 0 aliphatic heterocycles. The molecule has 3 N–H and O–H groups in total. The average molecular weight is 477 g/mol. The van der Waals surface area contributed by atoms with Crippen LogP contribution in [0.3, 0.4) is 0 Å². The van der Waals surface area contributed by atoms with Crippen molar-refractivity contribution < 1.29 is 9.50 Å². The topological polar surface area (TPSA) is 56.7 Å². The third-order valence-corrected chi connectivity index (χ3v) is 4.66. The van der Waals surface area contributed by atoms with Gasteiger partial charge in [0.05, 0.1) is 6.54 Å². The average Bonchev–Trinajstić information content (AvgIpc) is 3.08. The van der Waals surface area contributed by atoms with Gasteiger partial charge in [-0.1, -0.05) is 18.2 Å². The summed E-state index contributed by atoms with van der Waals surface area (Å²) in [4.78, 5) is 5.36. The Balaban J connectivity index is 0.00000312. The van der Waals surface area contributed by atoms with Crippen LogP contribution < -0.4 is 10.6 Å². The van der Waals surface area contributed by atoms with Crippen molar-refractivity contribution in [2.24, 2.45) is 4.99 Å². The van der Waals surface area contributed by atoms with Gasteiger partial charge in [0.1, 0.15) is 11.4 Å². The molecule has 2 aromatic rings. The number of hydrogen-bond donors (Lipinski definition) is 3. The lowest BCUT2D eigenvalue weighted by Crippen LogP contribution is -2.39. The number of aliphatic hydroxyl groups is 1. The van der Waals surface area contributed by atoms with Gasteiger partial charge in [-0.15, -0.1) is 35.3 Å². The fourth-order valence-electron chi connectivity index (χ4n) is 2.26. The molecule has 1 atom stereocenters. The fraction of sp³-hybridized carbons (Fsp3) is 0.389. The van der Waals surface area contributed by atoms with E-state index in [4.69, 9.17) is 0 Å². The maximum Gasteiger partial charge on any atom is 0.191 e. The quantitative estimate of drug-likeness (QED) is 0.325. The Morgan fingerprint density at radius 3 is 2.72 bits per heavy atom. The lowest BCUT2D eigenvalue weighted by Gasteiger charge is -2.20. The van der Waals surface area contributed by atoms with Gasteiger partial charge in [-0.25, -0.2) is 9.38 Å². The zero-order valence-electron chi connectivity index (χ0n) is 14.5. The van der Waals surface area contributed by atoms with Gasteiger partial charge in [-0.05, 0) is 49.4 Å². The number of rotatable bonds is 7. The molecule has 0 amide bonds. The van der Waals surface area contributed by atoms with E-state index in [9.17, 15) is 9.50 Å². The molecule has 1 aromatic carbocycles. The maximum absolute atomic E-state index is 13.2. The summed E-state index contributed by atoms with van der Waals surface area (Å²) in [6, 6.07) is 10.4. The largest absolute Gasteiger partial charge is 0.383 e. The Morgan fingerprint density at radius 1 is 1.28 bits per heavy atom. The number of halogens is 2. The minimum atomic E-state index is -0.987. The molecule has 0 saturated carbocycles. The number of nitrogens with one attached hydrogen (secondary N) is 2. The van der Waals surface area contributed by atoms with E-state index in [0.717, 1.165) is 17.0 Å². The molecule has 0 radical (unpaired) electrons. The first kappa shape index (κ1) is 21.9. The van der Waals surface area contributed by atoms with Gasteiger partial charge in [0.2, 0.25) is 0 Å². The number of nitrogens with zero attached hydrogens (tertiary/aromatic N) is 1. The van der Waals surface area contributed by atoms with Crippen molar-refractivity contribution in [1.82, 2.24) is 10.6 Å². The van der Waals surface area contributed by atoms with Crippen molar-refractivity contribution in [3.63, 3.8) is 0 Å². The van der Waals surface area contributed by atoms with Crippen LogP contribution in [0, 0.1) is 5.82 Å². The minimum absolute atomic E-state index is 0. The van der Waals surface area contributed by atoms with Crippen LogP contribution in [0.25, 0.3) is 0 Å². The predicted molar refractivity (Wildman–Crippen MR) is 113 cm³/mol. The van der Waals surface area contributed by atoms with Gasteiger partial charge in [-0.2, -0.15) is 0 Å². The first-order valence-corrected chi connectivity index (χ1v) is 8.92. The van der Waals surface area contributed by atoms with Crippen LogP contribution in [0.2, 0.25) is 0 Å². The van der Waals surface area contributed by atoms with Crippen LogP contribution in [0.15, 0.2) is 46.8 Å². The molecule has 138 valence electrons. The molecule has 0 aliphatic carbocycles. The number of aliphatic imine (C=N–C) groups is 1. The molecular weight excluding hydrogens is 452 g/mol. The van der Waals surface area contributed by atoms with Crippen LogP contribution in [0.5, 0.6) is 0 Å². The molecule has 1 unspecified atom stereocenters. The van der Waals surface area contributed by atoms with E-state index < -0.39 is 5.60 Å². The van der Waals surface area contributed by atoms with E-state index in [1.165, 1.54) is 23.5 Å². The summed E-state index contributed by atoms with van der Waals surface area (Å²) in [6.07, 6.45) is 0.698. The molecule has 2 rings (SSSR count). The van der Waals surface area contributed by atoms with Gasteiger partial charge in [0.25, 0.3) is 0 Å². The van der Waals surface area contributed by atoms with Crippen LogP contribution >= 0.6 is 35.3 Å². The van der Waals surface area contributed by atoms with Crippen molar-refractivity contribution in [1.29, 1.82) is 0 Å². The summed E-state index contributed by atoms with van der Waals surface area (Å²) in [5.41, 5.74) is -0.0528. The van der Waals surface area contributed by atoms with Gasteiger partial charge in [-0.3, -0.25) is 0 Å². The highest BCUT2D eigenvalue weighted by Gasteiger charge is 2.23. The van der Waals surface area contributed by atoms with E-state index >= 15 is 0 Å². The zero-order valence-corrected chi connectivity index (χ0v) is 17.6. The van der Waals surface area contributed by atoms with Crippen LogP contribution in [0.4, 0.5) is 4.39 Å². The lowest BCUT2D eigenvalue weighted by atomic mass is 10.1.